The van der Waals surface area contributed by atoms with E-state index in [4.69, 9.17) is 0 Å². The van der Waals surface area contributed by atoms with Crippen LogP contribution in [0.1, 0.15) is 30.9 Å². The molecule has 1 aliphatic heterocycles. The van der Waals surface area contributed by atoms with Crippen molar-refractivity contribution in [1.29, 1.82) is 0 Å². The molecule has 1 aromatic carbocycles. The summed E-state index contributed by atoms with van der Waals surface area (Å²) in [6.45, 7) is 4.33. The Balaban J connectivity index is 2.46. The number of carboxylic acids is 1. The maximum absolute atomic E-state index is 11.2. The topological polar surface area (TPSA) is 49.3 Å². The Bertz CT molecular complexity index is 402. The van der Waals surface area contributed by atoms with Crippen LogP contribution in [0.4, 0.5) is 0 Å². The molecule has 1 aromatic rings. The summed E-state index contributed by atoms with van der Waals surface area (Å²) in [6, 6.07) is 8.00. The Kier molecular flexibility index (Phi) is 2.27. The number of nitrogens with one attached hydrogen (secondary N) is 1. The molecule has 0 fully saturated rings. The van der Waals surface area contributed by atoms with E-state index in [-0.39, 0.29) is 5.92 Å². The van der Waals surface area contributed by atoms with Crippen molar-refractivity contribution in [2.75, 3.05) is 0 Å². The van der Waals surface area contributed by atoms with Gasteiger partial charge in [0.05, 0.1) is 0 Å². The summed E-state index contributed by atoms with van der Waals surface area (Å²) in [7, 11) is 0. The van der Waals surface area contributed by atoms with Gasteiger partial charge in [-0.2, -0.15) is 0 Å². The maximum Gasteiger partial charge on any atom is 0.324 e. The molecule has 0 unspecified atom stereocenters. The summed E-state index contributed by atoms with van der Waals surface area (Å²) in [6.07, 6.45) is 0. The van der Waals surface area contributed by atoms with Crippen molar-refractivity contribution in [1.82, 2.24) is 5.32 Å². The monoisotopic (exact) mass is 205 g/mol. The van der Waals surface area contributed by atoms with Crippen molar-refractivity contribution in [3.8, 4) is 0 Å². The van der Waals surface area contributed by atoms with E-state index in [0.717, 1.165) is 5.56 Å². The summed E-state index contributed by atoms with van der Waals surface area (Å²) in [5, 5.41) is 12.3. The lowest BCUT2D eigenvalue weighted by Gasteiger charge is -2.38. The second-order valence-corrected chi connectivity index (χ2v) is 4.28. The van der Waals surface area contributed by atoms with Gasteiger partial charge >= 0.3 is 5.97 Å². The average molecular weight is 205 g/mol. The number of rotatable bonds is 1. The first-order valence-corrected chi connectivity index (χ1v) is 5.12. The molecule has 80 valence electrons. The normalized spacial score (nSPS) is 29.6. The highest BCUT2D eigenvalue weighted by molar-refractivity contribution is 5.80. The zero-order chi connectivity index (χ0) is 11.1. The molecule has 2 atom stereocenters. The third-order valence-electron chi connectivity index (χ3n) is 3.48. The van der Waals surface area contributed by atoms with Crippen LogP contribution in [0.2, 0.25) is 0 Å². The molecule has 1 aliphatic rings. The van der Waals surface area contributed by atoms with Crippen LogP contribution in [0.5, 0.6) is 0 Å². The SMILES string of the molecule is C[C@@H]1c2ccccc2CN[C@@]1(C)C(=O)O. The molecule has 0 aromatic heterocycles. The summed E-state index contributed by atoms with van der Waals surface area (Å²) in [4.78, 5) is 11.2. The van der Waals surface area contributed by atoms with Gasteiger partial charge in [0.25, 0.3) is 0 Å². The molecule has 3 nitrogen and oxygen atoms in total. The molecular formula is C12H15NO2. The van der Waals surface area contributed by atoms with E-state index in [9.17, 15) is 9.90 Å². The van der Waals surface area contributed by atoms with Gasteiger partial charge in [-0.3, -0.25) is 10.1 Å². The van der Waals surface area contributed by atoms with Crippen LogP contribution >= 0.6 is 0 Å². The first kappa shape index (κ1) is 10.2. The third kappa shape index (κ3) is 1.43. The number of benzene rings is 1. The molecule has 0 saturated carbocycles. The van der Waals surface area contributed by atoms with Gasteiger partial charge in [0, 0.05) is 12.5 Å². The van der Waals surface area contributed by atoms with Crippen molar-refractivity contribution in [3.63, 3.8) is 0 Å². The number of carboxylic acid groups (broad SMARTS) is 1. The van der Waals surface area contributed by atoms with E-state index < -0.39 is 11.5 Å². The van der Waals surface area contributed by atoms with E-state index in [1.165, 1.54) is 5.56 Å². The van der Waals surface area contributed by atoms with Crippen LogP contribution in [-0.4, -0.2) is 16.6 Å². The van der Waals surface area contributed by atoms with Crippen molar-refractivity contribution in [2.24, 2.45) is 0 Å². The van der Waals surface area contributed by atoms with Gasteiger partial charge in [0.15, 0.2) is 0 Å². The highest BCUT2D eigenvalue weighted by Crippen LogP contribution is 2.34. The lowest BCUT2D eigenvalue weighted by Crippen LogP contribution is -2.55. The third-order valence-corrected chi connectivity index (χ3v) is 3.48. The first-order chi connectivity index (χ1) is 7.05. The highest BCUT2D eigenvalue weighted by atomic mass is 16.4. The molecule has 0 amide bonds. The highest BCUT2D eigenvalue weighted by Gasteiger charge is 2.42. The average Bonchev–Trinajstić information content (AvgIpc) is 2.24. The largest absolute Gasteiger partial charge is 0.480 e. The summed E-state index contributed by atoms with van der Waals surface area (Å²) >= 11 is 0. The van der Waals surface area contributed by atoms with Gasteiger partial charge in [-0.15, -0.1) is 0 Å². The van der Waals surface area contributed by atoms with Crippen molar-refractivity contribution >= 4 is 5.97 Å². The summed E-state index contributed by atoms with van der Waals surface area (Å²) < 4.78 is 0. The minimum atomic E-state index is -0.853. The Hall–Kier alpha value is -1.35. The van der Waals surface area contributed by atoms with Crippen LogP contribution in [0, 0.1) is 0 Å². The standard InChI is InChI=1S/C12H15NO2/c1-8-10-6-4-3-5-9(10)7-13-12(8,2)11(14)15/h3-6,8,13H,7H2,1-2H3,(H,14,15)/t8-,12-/m1/s1. The molecule has 0 spiro atoms. The number of hydrogen-bond donors (Lipinski definition) is 2. The Labute approximate surface area is 89.1 Å². The lowest BCUT2D eigenvalue weighted by atomic mass is 9.77. The fourth-order valence-corrected chi connectivity index (χ4v) is 2.12. The van der Waals surface area contributed by atoms with E-state index in [1.807, 2.05) is 31.2 Å². The van der Waals surface area contributed by atoms with Gasteiger partial charge in [-0.1, -0.05) is 31.2 Å². The minimum Gasteiger partial charge on any atom is -0.480 e. The lowest BCUT2D eigenvalue weighted by molar-refractivity contribution is -0.145. The predicted molar refractivity (Wildman–Crippen MR) is 57.7 cm³/mol. The van der Waals surface area contributed by atoms with Gasteiger partial charge < -0.3 is 5.11 Å². The molecule has 0 bridgehead atoms. The minimum absolute atomic E-state index is 0.0139. The predicted octanol–water partition coefficient (Wildman–Crippen LogP) is 1.74. The molecule has 0 radical (unpaired) electrons. The van der Waals surface area contributed by atoms with E-state index in [1.54, 1.807) is 6.92 Å². The van der Waals surface area contributed by atoms with Crippen molar-refractivity contribution in [2.45, 2.75) is 31.8 Å². The number of fused-ring (bicyclic) bond motifs is 1. The zero-order valence-electron chi connectivity index (χ0n) is 8.95. The van der Waals surface area contributed by atoms with Crippen LogP contribution in [0.3, 0.4) is 0 Å². The molecule has 2 rings (SSSR count). The Morgan fingerprint density at radius 1 is 1.53 bits per heavy atom. The van der Waals surface area contributed by atoms with Gasteiger partial charge in [0.2, 0.25) is 0 Å². The van der Waals surface area contributed by atoms with Gasteiger partial charge in [-0.05, 0) is 18.1 Å². The van der Waals surface area contributed by atoms with Crippen LogP contribution in [0.25, 0.3) is 0 Å². The van der Waals surface area contributed by atoms with Crippen molar-refractivity contribution < 1.29 is 9.90 Å². The molecular weight excluding hydrogens is 190 g/mol. The Morgan fingerprint density at radius 2 is 2.20 bits per heavy atom. The number of carbonyl (C=O) groups is 1. The van der Waals surface area contributed by atoms with E-state index >= 15 is 0 Å². The molecule has 3 heteroatoms. The Morgan fingerprint density at radius 3 is 2.87 bits per heavy atom. The second kappa shape index (κ2) is 3.35. The van der Waals surface area contributed by atoms with Crippen LogP contribution < -0.4 is 5.32 Å². The fourth-order valence-electron chi connectivity index (χ4n) is 2.12. The summed E-state index contributed by atoms with van der Waals surface area (Å²) in [5.41, 5.74) is 1.49. The van der Waals surface area contributed by atoms with Gasteiger partial charge in [-0.25, -0.2) is 0 Å². The molecule has 1 heterocycles. The van der Waals surface area contributed by atoms with Crippen LogP contribution in [-0.2, 0) is 11.3 Å². The number of hydrogen-bond acceptors (Lipinski definition) is 2. The summed E-state index contributed by atoms with van der Waals surface area (Å²) in [5.74, 6) is -0.801. The fraction of sp³-hybridized carbons (Fsp3) is 0.417. The van der Waals surface area contributed by atoms with Gasteiger partial charge in [0.1, 0.15) is 5.54 Å². The first-order valence-electron chi connectivity index (χ1n) is 5.12. The molecule has 0 aliphatic carbocycles. The second-order valence-electron chi connectivity index (χ2n) is 4.28. The quantitative estimate of drug-likeness (QED) is 0.734. The maximum atomic E-state index is 11.2. The van der Waals surface area contributed by atoms with E-state index in [2.05, 4.69) is 5.32 Å². The molecule has 2 N–H and O–H groups in total. The van der Waals surface area contributed by atoms with Crippen LogP contribution in [0.15, 0.2) is 24.3 Å². The smallest absolute Gasteiger partial charge is 0.324 e. The zero-order valence-corrected chi connectivity index (χ0v) is 8.95. The van der Waals surface area contributed by atoms with E-state index in [0.29, 0.717) is 6.54 Å². The number of aliphatic carboxylic acids is 1. The molecule has 15 heavy (non-hydrogen) atoms. The molecule has 0 saturated heterocycles. The van der Waals surface area contributed by atoms with Crippen molar-refractivity contribution in [3.05, 3.63) is 35.4 Å².